The standard InChI is InChI=1S/C14H23N5O2/c1-14(2,15)6-5-12(20)18-11-7-16-19(8-11)9-13(21)17-10-3-4-10/h7-8,10H,3-6,9,15H2,1-2H3,(H,17,21)(H,18,20). The summed E-state index contributed by atoms with van der Waals surface area (Å²) < 4.78 is 1.51. The number of anilines is 1. The fourth-order valence-electron chi connectivity index (χ4n) is 1.82. The molecule has 0 atom stereocenters. The minimum Gasteiger partial charge on any atom is -0.352 e. The third-order valence-corrected chi connectivity index (χ3v) is 3.16. The minimum atomic E-state index is -0.359. The molecule has 116 valence electrons. The van der Waals surface area contributed by atoms with E-state index < -0.39 is 0 Å². The van der Waals surface area contributed by atoms with Gasteiger partial charge in [0.15, 0.2) is 0 Å². The van der Waals surface area contributed by atoms with Crippen molar-refractivity contribution in [2.24, 2.45) is 5.73 Å². The highest BCUT2D eigenvalue weighted by Gasteiger charge is 2.23. The molecule has 21 heavy (non-hydrogen) atoms. The Kier molecular flexibility index (Phi) is 4.62. The summed E-state index contributed by atoms with van der Waals surface area (Å²) in [6, 6.07) is 0.340. The van der Waals surface area contributed by atoms with Crippen molar-refractivity contribution in [1.82, 2.24) is 15.1 Å². The Bertz CT molecular complexity index is 514. The lowest BCUT2D eigenvalue weighted by Gasteiger charge is -2.17. The molecule has 0 aromatic carbocycles. The van der Waals surface area contributed by atoms with E-state index in [0.717, 1.165) is 12.8 Å². The second-order valence-electron chi connectivity index (χ2n) is 6.31. The highest BCUT2D eigenvalue weighted by Crippen LogP contribution is 2.18. The van der Waals surface area contributed by atoms with E-state index in [1.54, 1.807) is 6.20 Å². The van der Waals surface area contributed by atoms with Crippen molar-refractivity contribution < 1.29 is 9.59 Å². The summed E-state index contributed by atoms with van der Waals surface area (Å²) in [5.41, 5.74) is 6.07. The predicted molar refractivity (Wildman–Crippen MR) is 79.5 cm³/mol. The first-order valence-corrected chi connectivity index (χ1v) is 7.22. The van der Waals surface area contributed by atoms with Crippen LogP contribution in [-0.2, 0) is 16.1 Å². The molecular weight excluding hydrogens is 270 g/mol. The van der Waals surface area contributed by atoms with Gasteiger partial charge in [0, 0.05) is 24.2 Å². The maximum Gasteiger partial charge on any atom is 0.241 e. The largest absolute Gasteiger partial charge is 0.352 e. The molecule has 0 bridgehead atoms. The van der Waals surface area contributed by atoms with Crippen LogP contribution in [0.2, 0.25) is 0 Å². The molecule has 0 aliphatic heterocycles. The molecule has 2 amide bonds. The van der Waals surface area contributed by atoms with E-state index in [4.69, 9.17) is 5.73 Å². The summed E-state index contributed by atoms with van der Waals surface area (Å²) in [4.78, 5) is 23.4. The number of rotatable bonds is 7. The molecule has 2 rings (SSSR count). The lowest BCUT2D eigenvalue weighted by atomic mass is 10.00. The maximum atomic E-state index is 11.8. The van der Waals surface area contributed by atoms with Crippen molar-refractivity contribution in [2.45, 2.75) is 57.7 Å². The van der Waals surface area contributed by atoms with E-state index in [9.17, 15) is 9.59 Å². The topological polar surface area (TPSA) is 102 Å². The highest BCUT2D eigenvalue weighted by atomic mass is 16.2. The molecule has 1 heterocycles. The first kappa shape index (κ1) is 15.5. The quantitative estimate of drug-likeness (QED) is 0.685. The van der Waals surface area contributed by atoms with Crippen LogP contribution in [0.5, 0.6) is 0 Å². The van der Waals surface area contributed by atoms with Crippen molar-refractivity contribution in [3.05, 3.63) is 12.4 Å². The molecule has 1 saturated carbocycles. The predicted octanol–water partition coefficient (Wildman–Crippen LogP) is 0.618. The Morgan fingerprint density at radius 3 is 2.76 bits per heavy atom. The van der Waals surface area contributed by atoms with Crippen LogP contribution >= 0.6 is 0 Å². The zero-order valence-electron chi connectivity index (χ0n) is 12.6. The van der Waals surface area contributed by atoms with Gasteiger partial charge in [0.25, 0.3) is 0 Å². The number of nitrogens with one attached hydrogen (secondary N) is 2. The first-order chi connectivity index (χ1) is 9.82. The Labute approximate surface area is 124 Å². The third-order valence-electron chi connectivity index (χ3n) is 3.16. The number of amides is 2. The molecule has 0 saturated heterocycles. The molecule has 1 aliphatic carbocycles. The van der Waals surface area contributed by atoms with Crippen molar-refractivity contribution >= 4 is 17.5 Å². The molecule has 7 nitrogen and oxygen atoms in total. The number of nitrogens with zero attached hydrogens (tertiary/aromatic N) is 2. The van der Waals surface area contributed by atoms with Gasteiger partial charge in [-0.2, -0.15) is 5.10 Å². The molecule has 1 fully saturated rings. The molecule has 0 unspecified atom stereocenters. The average molecular weight is 293 g/mol. The molecule has 0 spiro atoms. The monoisotopic (exact) mass is 293 g/mol. The lowest BCUT2D eigenvalue weighted by molar-refractivity contribution is -0.122. The summed E-state index contributed by atoms with van der Waals surface area (Å²) in [7, 11) is 0. The van der Waals surface area contributed by atoms with Crippen LogP contribution in [0.15, 0.2) is 12.4 Å². The van der Waals surface area contributed by atoms with E-state index in [1.165, 1.54) is 10.9 Å². The fraction of sp³-hybridized carbons (Fsp3) is 0.643. The number of nitrogens with two attached hydrogens (primary N) is 1. The normalized spacial score (nSPS) is 14.8. The van der Waals surface area contributed by atoms with Gasteiger partial charge in [0.1, 0.15) is 6.54 Å². The van der Waals surface area contributed by atoms with Crippen LogP contribution in [0.1, 0.15) is 39.5 Å². The molecule has 1 aliphatic rings. The van der Waals surface area contributed by atoms with E-state index in [0.29, 0.717) is 24.6 Å². The van der Waals surface area contributed by atoms with Gasteiger partial charge in [-0.25, -0.2) is 0 Å². The van der Waals surface area contributed by atoms with Crippen LogP contribution in [0, 0.1) is 0 Å². The summed E-state index contributed by atoms with van der Waals surface area (Å²) in [5.74, 6) is -0.154. The van der Waals surface area contributed by atoms with Gasteiger partial charge in [0.2, 0.25) is 11.8 Å². The van der Waals surface area contributed by atoms with E-state index in [-0.39, 0.29) is 23.9 Å². The van der Waals surface area contributed by atoms with Crippen molar-refractivity contribution in [3.63, 3.8) is 0 Å². The number of aromatic nitrogens is 2. The third kappa shape index (κ3) is 5.95. The van der Waals surface area contributed by atoms with E-state index in [1.807, 2.05) is 13.8 Å². The lowest BCUT2D eigenvalue weighted by Crippen LogP contribution is -2.33. The number of carbonyl (C=O) groups is 2. The summed E-state index contributed by atoms with van der Waals surface area (Å²) in [6.45, 7) is 3.94. The van der Waals surface area contributed by atoms with Gasteiger partial charge in [-0.1, -0.05) is 0 Å². The number of hydrogen-bond acceptors (Lipinski definition) is 4. The van der Waals surface area contributed by atoms with Crippen LogP contribution in [0.25, 0.3) is 0 Å². The van der Waals surface area contributed by atoms with Gasteiger partial charge in [0.05, 0.1) is 11.9 Å². The van der Waals surface area contributed by atoms with Gasteiger partial charge in [-0.05, 0) is 33.1 Å². The van der Waals surface area contributed by atoms with Crippen LogP contribution in [-0.4, -0.2) is 33.2 Å². The van der Waals surface area contributed by atoms with Gasteiger partial charge < -0.3 is 16.4 Å². The molecule has 0 radical (unpaired) electrons. The van der Waals surface area contributed by atoms with Gasteiger partial charge >= 0.3 is 0 Å². The van der Waals surface area contributed by atoms with Crippen molar-refractivity contribution in [2.75, 3.05) is 5.32 Å². The Morgan fingerprint density at radius 1 is 1.43 bits per heavy atom. The summed E-state index contributed by atoms with van der Waals surface area (Å²) in [5, 5.41) is 9.70. The SMILES string of the molecule is CC(C)(N)CCC(=O)Nc1cnn(CC(=O)NC2CC2)c1. The minimum absolute atomic E-state index is 0.0524. The molecule has 1 aromatic heterocycles. The van der Waals surface area contributed by atoms with Crippen molar-refractivity contribution in [1.29, 1.82) is 0 Å². The summed E-state index contributed by atoms with van der Waals surface area (Å²) in [6.07, 6.45) is 6.27. The van der Waals surface area contributed by atoms with E-state index in [2.05, 4.69) is 15.7 Å². The van der Waals surface area contributed by atoms with Crippen LogP contribution in [0.3, 0.4) is 0 Å². The molecule has 7 heteroatoms. The highest BCUT2D eigenvalue weighted by molar-refractivity contribution is 5.90. The van der Waals surface area contributed by atoms with E-state index >= 15 is 0 Å². The molecule has 4 N–H and O–H groups in total. The average Bonchev–Trinajstić information content (AvgIpc) is 3.06. The second-order valence-corrected chi connectivity index (χ2v) is 6.31. The Morgan fingerprint density at radius 2 is 2.14 bits per heavy atom. The van der Waals surface area contributed by atoms with Gasteiger partial charge in [-0.3, -0.25) is 14.3 Å². The Hall–Kier alpha value is -1.89. The fourth-order valence-corrected chi connectivity index (χ4v) is 1.82. The molecular formula is C14H23N5O2. The first-order valence-electron chi connectivity index (χ1n) is 7.22. The summed E-state index contributed by atoms with van der Waals surface area (Å²) >= 11 is 0. The number of hydrogen-bond donors (Lipinski definition) is 3. The van der Waals surface area contributed by atoms with Crippen molar-refractivity contribution in [3.8, 4) is 0 Å². The Balaban J connectivity index is 1.76. The van der Waals surface area contributed by atoms with Crippen LogP contribution in [0.4, 0.5) is 5.69 Å². The number of carbonyl (C=O) groups excluding carboxylic acids is 2. The second kappa shape index (κ2) is 6.26. The maximum absolute atomic E-state index is 11.8. The zero-order valence-corrected chi connectivity index (χ0v) is 12.6. The van der Waals surface area contributed by atoms with Crippen LogP contribution < -0.4 is 16.4 Å². The zero-order chi connectivity index (χ0) is 15.5. The smallest absolute Gasteiger partial charge is 0.241 e. The molecule has 1 aromatic rings. The van der Waals surface area contributed by atoms with Gasteiger partial charge in [-0.15, -0.1) is 0 Å².